The molecule has 2 bridgehead atoms. The van der Waals surface area contributed by atoms with E-state index in [1.165, 1.54) is 0 Å². The predicted molar refractivity (Wildman–Crippen MR) is 102 cm³/mol. The van der Waals surface area contributed by atoms with Gasteiger partial charge in [0.25, 0.3) is 0 Å². The molecule has 3 aliphatic heterocycles. The third-order valence-electron chi connectivity index (χ3n) is 5.89. The molecule has 0 saturated carbocycles. The summed E-state index contributed by atoms with van der Waals surface area (Å²) in [5.74, 6) is -1.48. The third kappa shape index (κ3) is 2.74. The van der Waals surface area contributed by atoms with Gasteiger partial charge in [0.1, 0.15) is 18.1 Å². The highest BCUT2D eigenvalue weighted by atomic mass is 16.6. The molecule has 142 valence electrons. The van der Waals surface area contributed by atoms with Gasteiger partial charge in [-0.1, -0.05) is 72.8 Å². The molecule has 0 aromatic heterocycles. The first kappa shape index (κ1) is 17.2. The van der Waals surface area contributed by atoms with E-state index in [1.807, 2.05) is 72.8 Å². The smallest absolute Gasteiger partial charge is 0.313 e. The van der Waals surface area contributed by atoms with Crippen molar-refractivity contribution in [1.82, 2.24) is 4.90 Å². The molecule has 1 spiro atoms. The van der Waals surface area contributed by atoms with Crippen LogP contribution in [0, 0.1) is 11.8 Å². The monoisotopic (exact) mass is 375 g/mol. The van der Waals surface area contributed by atoms with Gasteiger partial charge in [-0.05, 0) is 11.1 Å². The number of benzene rings is 2. The van der Waals surface area contributed by atoms with E-state index in [1.54, 1.807) is 4.90 Å². The van der Waals surface area contributed by atoms with Crippen molar-refractivity contribution in [3.05, 3.63) is 83.9 Å². The Balaban J connectivity index is 1.33. The number of fused-ring (bicyclic) bond motifs is 1. The minimum atomic E-state index is -0.701. The van der Waals surface area contributed by atoms with Crippen molar-refractivity contribution in [2.75, 3.05) is 6.54 Å². The predicted octanol–water partition coefficient (Wildman–Crippen LogP) is 2.71. The maximum atomic E-state index is 13.2. The van der Waals surface area contributed by atoms with Gasteiger partial charge in [0.15, 0.2) is 0 Å². The molecular formula is C23H21NO4. The molecule has 1 amide bonds. The van der Waals surface area contributed by atoms with Crippen molar-refractivity contribution in [3.8, 4) is 0 Å². The van der Waals surface area contributed by atoms with Gasteiger partial charge >= 0.3 is 5.97 Å². The highest BCUT2D eigenvalue weighted by Crippen LogP contribution is 2.52. The lowest BCUT2D eigenvalue weighted by Crippen LogP contribution is -2.39. The average molecular weight is 375 g/mol. The van der Waals surface area contributed by atoms with Gasteiger partial charge in [0, 0.05) is 6.54 Å². The Kier molecular flexibility index (Phi) is 4.05. The minimum absolute atomic E-state index is 0.0302. The van der Waals surface area contributed by atoms with E-state index in [0.717, 1.165) is 11.1 Å². The van der Waals surface area contributed by atoms with Crippen LogP contribution < -0.4 is 0 Å². The average Bonchev–Trinajstić information content (AvgIpc) is 3.36. The van der Waals surface area contributed by atoms with Crippen LogP contribution in [0.1, 0.15) is 11.1 Å². The van der Waals surface area contributed by atoms with Gasteiger partial charge in [-0.15, -0.1) is 0 Å². The Bertz CT molecular complexity index is 926. The molecule has 2 fully saturated rings. The van der Waals surface area contributed by atoms with E-state index < -0.39 is 17.4 Å². The molecule has 0 unspecified atom stereocenters. The fraction of sp³-hybridized carbons (Fsp3) is 0.304. The van der Waals surface area contributed by atoms with Gasteiger partial charge < -0.3 is 14.4 Å². The van der Waals surface area contributed by atoms with Crippen molar-refractivity contribution < 1.29 is 19.1 Å². The Morgan fingerprint density at radius 2 is 1.75 bits per heavy atom. The quantitative estimate of drug-likeness (QED) is 0.596. The SMILES string of the molecule is O=C(OCc1ccccc1)[C@@H]1[C@H]2C(=O)N(Cc3ccccc3)C[C@@]23C=C[C@H]1O3. The van der Waals surface area contributed by atoms with Crippen molar-refractivity contribution in [2.45, 2.75) is 24.9 Å². The molecular weight excluding hydrogens is 354 g/mol. The molecule has 5 nitrogen and oxygen atoms in total. The fourth-order valence-corrected chi connectivity index (χ4v) is 4.61. The van der Waals surface area contributed by atoms with E-state index in [-0.39, 0.29) is 24.6 Å². The number of likely N-dealkylation sites (tertiary alicyclic amines) is 1. The zero-order chi connectivity index (χ0) is 19.1. The molecule has 2 aromatic rings. The van der Waals surface area contributed by atoms with E-state index >= 15 is 0 Å². The van der Waals surface area contributed by atoms with Crippen LogP contribution in [-0.2, 0) is 32.2 Å². The molecule has 0 radical (unpaired) electrons. The summed E-state index contributed by atoms with van der Waals surface area (Å²) < 4.78 is 11.7. The van der Waals surface area contributed by atoms with Crippen LogP contribution in [-0.4, -0.2) is 35.0 Å². The summed E-state index contributed by atoms with van der Waals surface area (Å²) in [6, 6.07) is 19.4. The normalized spacial score (nSPS) is 29.9. The largest absolute Gasteiger partial charge is 0.460 e. The van der Waals surface area contributed by atoms with E-state index in [9.17, 15) is 9.59 Å². The maximum absolute atomic E-state index is 13.2. The molecule has 2 saturated heterocycles. The Hall–Kier alpha value is -2.92. The standard InChI is InChI=1S/C23H21NO4/c25-21-20-19(22(26)27-14-17-9-5-2-6-10-17)18-11-12-23(20,28-18)15-24(21)13-16-7-3-1-4-8-16/h1-12,18-20H,13-15H2/t18-,19+,20+,23+/m1/s1. The third-order valence-corrected chi connectivity index (χ3v) is 5.89. The first-order valence-corrected chi connectivity index (χ1v) is 9.57. The molecule has 28 heavy (non-hydrogen) atoms. The number of carbonyl (C=O) groups is 2. The molecule has 2 aromatic carbocycles. The van der Waals surface area contributed by atoms with Crippen molar-refractivity contribution >= 4 is 11.9 Å². The zero-order valence-corrected chi connectivity index (χ0v) is 15.4. The van der Waals surface area contributed by atoms with Gasteiger partial charge in [-0.25, -0.2) is 0 Å². The highest BCUT2D eigenvalue weighted by molar-refractivity contribution is 5.91. The van der Waals surface area contributed by atoms with Crippen LogP contribution in [0.15, 0.2) is 72.8 Å². The summed E-state index contributed by atoms with van der Waals surface area (Å²) in [7, 11) is 0. The number of hydrogen-bond acceptors (Lipinski definition) is 4. The Labute approximate surface area is 163 Å². The van der Waals surface area contributed by atoms with Crippen LogP contribution in [0.25, 0.3) is 0 Å². The highest BCUT2D eigenvalue weighted by Gasteiger charge is 2.67. The second-order valence-electron chi connectivity index (χ2n) is 7.67. The van der Waals surface area contributed by atoms with Gasteiger partial charge in [0.2, 0.25) is 5.91 Å². The molecule has 4 atom stereocenters. The number of esters is 1. The van der Waals surface area contributed by atoms with E-state index in [4.69, 9.17) is 9.47 Å². The number of hydrogen-bond donors (Lipinski definition) is 0. The maximum Gasteiger partial charge on any atom is 0.313 e. The Morgan fingerprint density at radius 1 is 1.07 bits per heavy atom. The number of rotatable bonds is 5. The minimum Gasteiger partial charge on any atom is -0.460 e. The van der Waals surface area contributed by atoms with Crippen LogP contribution >= 0.6 is 0 Å². The number of nitrogens with zero attached hydrogens (tertiary/aromatic N) is 1. The summed E-state index contributed by atoms with van der Waals surface area (Å²) in [6.45, 7) is 1.20. The number of ether oxygens (including phenoxy) is 2. The lowest BCUT2D eigenvalue weighted by atomic mass is 9.77. The zero-order valence-electron chi connectivity index (χ0n) is 15.4. The fourth-order valence-electron chi connectivity index (χ4n) is 4.61. The molecule has 3 heterocycles. The van der Waals surface area contributed by atoms with Gasteiger partial charge in [-0.3, -0.25) is 9.59 Å². The summed E-state index contributed by atoms with van der Waals surface area (Å²) in [5, 5.41) is 0. The number of carbonyl (C=O) groups excluding carboxylic acids is 2. The van der Waals surface area contributed by atoms with Crippen molar-refractivity contribution in [3.63, 3.8) is 0 Å². The number of amides is 1. The van der Waals surface area contributed by atoms with Crippen molar-refractivity contribution in [1.29, 1.82) is 0 Å². The summed E-state index contributed by atoms with van der Waals surface area (Å²) >= 11 is 0. The first-order valence-electron chi connectivity index (χ1n) is 9.57. The lowest BCUT2D eigenvalue weighted by molar-refractivity contribution is -0.155. The van der Waals surface area contributed by atoms with Crippen LogP contribution in [0.2, 0.25) is 0 Å². The van der Waals surface area contributed by atoms with Gasteiger partial charge in [0.05, 0.1) is 18.6 Å². The second kappa shape index (κ2) is 6.60. The van der Waals surface area contributed by atoms with E-state index in [0.29, 0.717) is 13.1 Å². The molecule has 5 heteroatoms. The lowest BCUT2D eigenvalue weighted by Gasteiger charge is -2.22. The molecule has 0 aliphatic carbocycles. The molecule has 3 aliphatic rings. The van der Waals surface area contributed by atoms with Gasteiger partial charge in [-0.2, -0.15) is 0 Å². The first-order chi connectivity index (χ1) is 13.7. The molecule has 5 rings (SSSR count). The van der Waals surface area contributed by atoms with Crippen LogP contribution in [0.3, 0.4) is 0 Å². The van der Waals surface area contributed by atoms with Crippen LogP contribution in [0.4, 0.5) is 0 Å². The van der Waals surface area contributed by atoms with Crippen molar-refractivity contribution in [2.24, 2.45) is 11.8 Å². The summed E-state index contributed by atoms with van der Waals surface area (Å²) in [5.41, 5.74) is 1.29. The topological polar surface area (TPSA) is 55.8 Å². The summed E-state index contributed by atoms with van der Waals surface area (Å²) in [6.07, 6.45) is 3.49. The van der Waals surface area contributed by atoms with Crippen LogP contribution in [0.5, 0.6) is 0 Å². The summed E-state index contributed by atoms with van der Waals surface area (Å²) in [4.78, 5) is 27.8. The second-order valence-corrected chi connectivity index (χ2v) is 7.67. The Morgan fingerprint density at radius 3 is 2.46 bits per heavy atom. The molecule has 0 N–H and O–H groups in total. The van der Waals surface area contributed by atoms with E-state index in [2.05, 4.69) is 0 Å².